The highest BCUT2D eigenvalue weighted by Crippen LogP contribution is 2.40. The molecular weight excluding hydrogens is 210 g/mol. The summed E-state index contributed by atoms with van der Waals surface area (Å²) < 4.78 is 5.07. The summed E-state index contributed by atoms with van der Waals surface area (Å²) in [6.45, 7) is 0. The molecule has 0 bridgehead atoms. The topological polar surface area (TPSA) is 96.7 Å². The lowest BCUT2D eigenvalue weighted by Gasteiger charge is -1.94. The number of hydrogen-bond donors (Lipinski definition) is 2. The van der Waals surface area contributed by atoms with Gasteiger partial charge in [-0.25, -0.2) is 5.10 Å². The molecule has 1 fully saturated rings. The van der Waals surface area contributed by atoms with Gasteiger partial charge in [0.15, 0.2) is 5.69 Å². The summed E-state index contributed by atoms with van der Waals surface area (Å²) in [6.07, 6.45) is 3.53. The van der Waals surface area contributed by atoms with E-state index in [-0.39, 0.29) is 11.6 Å². The fourth-order valence-electron chi connectivity index (χ4n) is 1.39. The van der Waals surface area contributed by atoms with E-state index in [1.54, 1.807) is 6.07 Å². The Morgan fingerprint density at radius 2 is 2.44 bits per heavy atom. The van der Waals surface area contributed by atoms with Crippen LogP contribution < -0.4 is 5.32 Å². The van der Waals surface area contributed by atoms with Gasteiger partial charge in [-0.05, 0) is 12.8 Å². The van der Waals surface area contributed by atoms with Gasteiger partial charge in [0.1, 0.15) is 12.1 Å². The van der Waals surface area contributed by atoms with Crippen molar-refractivity contribution in [2.75, 3.05) is 5.32 Å². The van der Waals surface area contributed by atoms with E-state index in [0.29, 0.717) is 11.9 Å². The molecule has 0 aromatic carbocycles. The van der Waals surface area contributed by atoms with Crippen LogP contribution in [-0.4, -0.2) is 26.2 Å². The number of carbonyl (C=O) groups excluding carboxylic acids is 1. The van der Waals surface area contributed by atoms with E-state index >= 15 is 0 Å². The number of hydrogen-bond acceptors (Lipinski definition) is 5. The Labute approximate surface area is 90.2 Å². The molecule has 0 saturated heterocycles. The zero-order valence-electron chi connectivity index (χ0n) is 8.30. The van der Waals surface area contributed by atoms with Crippen molar-refractivity contribution in [1.82, 2.24) is 20.3 Å². The predicted octanol–water partition coefficient (Wildman–Crippen LogP) is 0.922. The van der Waals surface area contributed by atoms with Crippen LogP contribution in [0.25, 0.3) is 0 Å². The highest BCUT2D eigenvalue weighted by molar-refractivity contribution is 6.01. The fraction of sp³-hybridized carbons (Fsp3) is 0.333. The van der Waals surface area contributed by atoms with Crippen molar-refractivity contribution in [3.8, 4) is 0 Å². The Kier molecular flexibility index (Phi) is 1.95. The molecule has 1 amide bonds. The second kappa shape index (κ2) is 3.44. The number of anilines is 1. The molecule has 0 aliphatic heterocycles. The predicted molar refractivity (Wildman–Crippen MR) is 52.8 cm³/mol. The molecule has 2 heterocycles. The second-order valence-electron chi connectivity index (χ2n) is 3.68. The van der Waals surface area contributed by atoms with E-state index < -0.39 is 0 Å². The first kappa shape index (κ1) is 9.08. The maximum Gasteiger partial charge on any atom is 0.280 e. The first-order chi connectivity index (χ1) is 7.83. The number of carbonyl (C=O) groups is 1. The van der Waals surface area contributed by atoms with Crippen molar-refractivity contribution in [1.29, 1.82) is 0 Å². The highest BCUT2D eigenvalue weighted by Gasteiger charge is 2.28. The molecule has 0 radical (unpaired) electrons. The molecule has 2 aromatic rings. The molecule has 1 aliphatic carbocycles. The van der Waals surface area contributed by atoms with Crippen molar-refractivity contribution < 1.29 is 9.32 Å². The summed E-state index contributed by atoms with van der Waals surface area (Å²) in [5.41, 5.74) is 0.262. The third-order valence-electron chi connectivity index (χ3n) is 2.39. The monoisotopic (exact) mass is 219 g/mol. The minimum atomic E-state index is -0.354. The normalized spacial score (nSPS) is 15.0. The van der Waals surface area contributed by atoms with Gasteiger partial charge < -0.3 is 4.52 Å². The third kappa shape index (κ3) is 1.67. The molecule has 2 aromatic heterocycles. The molecule has 3 rings (SSSR count). The highest BCUT2D eigenvalue weighted by atomic mass is 16.5. The average molecular weight is 219 g/mol. The van der Waals surface area contributed by atoms with Gasteiger partial charge in [0.2, 0.25) is 5.95 Å². The van der Waals surface area contributed by atoms with Gasteiger partial charge in [0.05, 0.1) is 0 Å². The number of aromatic amines is 1. The molecule has 0 unspecified atom stereocenters. The van der Waals surface area contributed by atoms with Crippen molar-refractivity contribution in [2.24, 2.45) is 0 Å². The molecule has 0 atom stereocenters. The number of aromatic nitrogens is 4. The minimum absolute atomic E-state index is 0.262. The summed E-state index contributed by atoms with van der Waals surface area (Å²) in [5.74, 6) is 1.16. The van der Waals surface area contributed by atoms with Gasteiger partial charge in [0.25, 0.3) is 5.91 Å². The van der Waals surface area contributed by atoms with Crippen LogP contribution in [0.1, 0.15) is 35.0 Å². The third-order valence-corrected chi connectivity index (χ3v) is 2.39. The van der Waals surface area contributed by atoms with E-state index in [4.69, 9.17) is 4.52 Å². The fourth-order valence-corrected chi connectivity index (χ4v) is 1.39. The van der Waals surface area contributed by atoms with Gasteiger partial charge in [-0.2, -0.15) is 10.1 Å². The summed E-state index contributed by atoms with van der Waals surface area (Å²) in [7, 11) is 0. The van der Waals surface area contributed by atoms with Crippen LogP contribution in [0.15, 0.2) is 16.9 Å². The Morgan fingerprint density at radius 1 is 1.56 bits per heavy atom. The molecular formula is C9H9N5O2. The molecule has 0 spiro atoms. The second-order valence-corrected chi connectivity index (χ2v) is 3.68. The van der Waals surface area contributed by atoms with Gasteiger partial charge in [0, 0.05) is 12.0 Å². The molecule has 7 heteroatoms. The van der Waals surface area contributed by atoms with E-state index in [1.165, 1.54) is 6.33 Å². The Balaban J connectivity index is 1.73. The maximum atomic E-state index is 11.6. The average Bonchev–Trinajstić information content (AvgIpc) is 2.82. The number of rotatable bonds is 3. The standard InChI is InChI=1S/C9H9N5O2/c15-8(12-9-10-4-11-13-9)6-3-7(16-14-6)5-1-2-5/h3-5H,1-2H2,(H2,10,11,12,13,15). The van der Waals surface area contributed by atoms with E-state index in [9.17, 15) is 4.79 Å². The van der Waals surface area contributed by atoms with Crippen LogP contribution >= 0.6 is 0 Å². The van der Waals surface area contributed by atoms with Gasteiger partial charge in [-0.15, -0.1) is 0 Å². The number of amides is 1. The molecule has 16 heavy (non-hydrogen) atoms. The van der Waals surface area contributed by atoms with Crippen LogP contribution in [0.2, 0.25) is 0 Å². The van der Waals surface area contributed by atoms with Crippen molar-refractivity contribution in [3.63, 3.8) is 0 Å². The lowest BCUT2D eigenvalue weighted by molar-refractivity contribution is 0.101. The Hall–Kier alpha value is -2.18. The van der Waals surface area contributed by atoms with Crippen LogP contribution in [-0.2, 0) is 0 Å². The summed E-state index contributed by atoms with van der Waals surface area (Å²) in [6, 6.07) is 1.67. The van der Waals surface area contributed by atoms with Gasteiger partial charge in [-0.1, -0.05) is 5.16 Å². The van der Waals surface area contributed by atoms with Crippen LogP contribution in [0.4, 0.5) is 5.95 Å². The molecule has 1 saturated carbocycles. The van der Waals surface area contributed by atoms with E-state index in [0.717, 1.165) is 18.6 Å². The van der Waals surface area contributed by atoms with Gasteiger partial charge >= 0.3 is 0 Å². The number of nitrogens with zero attached hydrogens (tertiary/aromatic N) is 3. The smallest absolute Gasteiger partial charge is 0.280 e. The van der Waals surface area contributed by atoms with Crippen LogP contribution in [0, 0.1) is 0 Å². The molecule has 7 nitrogen and oxygen atoms in total. The van der Waals surface area contributed by atoms with Crippen molar-refractivity contribution in [3.05, 3.63) is 23.8 Å². The summed E-state index contributed by atoms with van der Waals surface area (Å²) in [5, 5.41) is 12.4. The van der Waals surface area contributed by atoms with Crippen molar-refractivity contribution in [2.45, 2.75) is 18.8 Å². The van der Waals surface area contributed by atoms with E-state index in [2.05, 4.69) is 25.7 Å². The Bertz CT molecular complexity index is 500. The quantitative estimate of drug-likeness (QED) is 0.800. The van der Waals surface area contributed by atoms with E-state index in [1.807, 2.05) is 0 Å². The number of H-pyrrole nitrogens is 1. The SMILES string of the molecule is O=C(Nc1ncn[nH]1)c1cc(C2CC2)on1. The molecule has 1 aliphatic rings. The van der Waals surface area contributed by atoms with Crippen LogP contribution in [0.5, 0.6) is 0 Å². The first-order valence-corrected chi connectivity index (χ1v) is 4.96. The van der Waals surface area contributed by atoms with Crippen LogP contribution in [0.3, 0.4) is 0 Å². The lowest BCUT2D eigenvalue weighted by Crippen LogP contribution is -2.13. The molecule has 82 valence electrons. The summed E-state index contributed by atoms with van der Waals surface area (Å²) in [4.78, 5) is 15.4. The number of nitrogens with one attached hydrogen (secondary N) is 2. The summed E-state index contributed by atoms with van der Waals surface area (Å²) >= 11 is 0. The van der Waals surface area contributed by atoms with Gasteiger partial charge in [-0.3, -0.25) is 10.1 Å². The molecule has 2 N–H and O–H groups in total. The minimum Gasteiger partial charge on any atom is -0.360 e. The zero-order valence-corrected chi connectivity index (χ0v) is 8.30. The largest absolute Gasteiger partial charge is 0.360 e. The Morgan fingerprint density at radius 3 is 3.12 bits per heavy atom. The lowest BCUT2D eigenvalue weighted by atomic mass is 10.3. The zero-order chi connectivity index (χ0) is 11.0. The first-order valence-electron chi connectivity index (χ1n) is 4.96. The van der Waals surface area contributed by atoms with Crippen molar-refractivity contribution >= 4 is 11.9 Å². The maximum absolute atomic E-state index is 11.6.